The van der Waals surface area contributed by atoms with Gasteiger partial charge in [-0.2, -0.15) is 14.9 Å². The van der Waals surface area contributed by atoms with Crippen LogP contribution in [0.2, 0.25) is 0 Å². The van der Waals surface area contributed by atoms with Crippen molar-refractivity contribution in [3.05, 3.63) is 37.2 Å². The number of aromatic nitrogens is 3. The maximum Gasteiger partial charge on any atom is 0.216 e. The number of aromatic amines is 1. The summed E-state index contributed by atoms with van der Waals surface area (Å²) in [6.07, 6.45) is 1.63. The number of H-pyrrole nitrogens is 1. The lowest BCUT2D eigenvalue weighted by molar-refractivity contribution is 0.468. The molecule has 1 aromatic carbocycles. The van der Waals surface area contributed by atoms with Crippen LogP contribution in [-0.4, -0.2) is 26.2 Å². The van der Waals surface area contributed by atoms with Gasteiger partial charge in [0.15, 0.2) is 0 Å². The normalized spacial score (nSPS) is 11.3. The minimum atomic E-state index is 0.156. The number of phenolic OH excluding ortho intramolecular Hbond substituents is 1. The molecule has 1 aromatic heterocycles. The summed E-state index contributed by atoms with van der Waals surface area (Å²) in [6, 6.07) is 3.51. The average Bonchev–Trinajstić information content (AvgIpc) is 2.63. The van der Waals surface area contributed by atoms with E-state index in [0.29, 0.717) is 19.5 Å². The molecular formula is C10H8Br2N4OS. The van der Waals surface area contributed by atoms with Crippen LogP contribution in [0.25, 0.3) is 0 Å². The maximum atomic E-state index is 9.60. The smallest absolute Gasteiger partial charge is 0.216 e. The quantitative estimate of drug-likeness (QED) is 0.609. The number of hydrogen-bond acceptors (Lipinski definition) is 4. The van der Waals surface area contributed by atoms with Gasteiger partial charge in [-0.1, -0.05) is 0 Å². The predicted molar refractivity (Wildman–Crippen MR) is 78.6 cm³/mol. The number of phenols is 1. The number of aromatic hydroxyl groups is 1. The highest BCUT2D eigenvalue weighted by Crippen LogP contribution is 2.32. The Morgan fingerprint density at radius 1 is 1.44 bits per heavy atom. The lowest BCUT2D eigenvalue weighted by Gasteiger charge is -2.02. The number of rotatable bonds is 2. The Morgan fingerprint density at radius 3 is 2.56 bits per heavy atom. The Hall–Kier alpha value is -0.990. The summed E-state index contributed by atoms with van der Waals surface area (Å²) in [5.41, 5.74) is 0.814. The Kier molecular flexibility index (Phi) is 3.98. The summed E-state index contributed by atoms with van der Waals surface area (Å²) in [5.74, 6) is 0.830. The van der Waals surface area contributed by atoms with Gasteiger partial charge in [0.25, 0.3) is 0 Å². The molecular weight excluding hydrogens is 384 g/mol. The fraction of sp³-hybridized carbons (Fsp3) is 0.100. The van der Waals surface area contributed by atoms with Crippen molar-refractivity contribution in [2.75, 3.05) is 0 Å². The summed E-state index contributed by atoms with van der Waals surface area (Å²) >= 11 is 11.5. The van der Waals surface area contributed by atoms with Crippen molar-refractivity contribution in [3.63, 3.8) is 0 Å². The first kappa shape index (κ1) is 13.4. The Morgan fingerprint density at radius 2 is 2.06 bits per heavy atom. The van der Waals surface area contributed by atoms with E-state index < -0.39 is 0 Å². The first-order chi connectivity index (χ1) is 8.49. The molecule has 0 fully saturated rings. The number of halogens is 2. The van der Waals surface area contributed by atoms with Crippen LogP contribution in [0.15, 0.2) is 26.2 Å². The van der Waals surface area contributed by atoms with Crippen LogP contribution in [0.5, 0.6) is 5.75 Å². The molecule has 0 amide bonds. The van der Waals surface area contributed by atoms with E-state index >= 15 is 0 Å². The van der Waals surface area contributed by atoms with E-state index in [1.165, 1.54) is 4.68 Å². The highest BCUT2D eigenvalue weighted by molar-refractivity contribution is 9.11. The molecule has 0 spiro atoms. The third-order valence-corrected chi connectivity index (χ3v) is 3.65. The SMILES string of the molecule is Cc1n[nH]c(=S)n1/N=C\c1cc(Br)c(O)c(Br)c1. The van der Waals surface area contributed by atoms with Gasteiger partial charge >= 0.3 is 0 Å². The highest BCUT2D eigenvalue weighted by atomic mass is 79.9. The predicted octanol–water partition coefficient (Wildman–Crippen LogP) is 3.36. The second-order valence-corrected chi connectivity index (χ2v) is 5.56. The molecule has 94 valence electrons. The van der Waals surface area contributed by atoms with Crippen LogP contribution in [0.1, 0.15) is 11.4 Å². The van der Waals surface area contributed by atoms with Gasteiger partial charge in [0.05, 0.1) is 15.2 Å². The Labute approximate surface area is 125 Å². The van der Waals surface area contributed by atoms with Crippen LogP contribution in [-0.2, 0) is 0 Å². The largest absolute Gasteiger partial charge is 0.506 e. The summed E-state index contributed by atoms with van der Waals surface area (Å²) in [6.45, 7) is 1.80. The molecule has 0 atom stereocenters. The van der Waals surface area contributed by atoms with Crippen molar-refractivity contribution in [1.29, 1.82) is 0 Å². The molecule has 0 unspecified atom stereocenters. The summed E-state index contributed by atoms with van der Waals surface area (Å²) < 4.78 is 3.13. The van der Waals surface area contributed by atoms with Crippen molar-refractivity contribution in [3.8, 4) is 5.75 Å². The summed E-state index contributed by atoms with van der Waals surface area (Å²) in [4.78, 5) is 0. The van der Waals surface area contributed by atoms with Gasteiger partial charge in [0, 0.05) is 0 Å². The van der Waals surface area contributed by atoms with Gasteiger partial charge in [0.1, 0.15) is 11.6 Å². The maximum absolute atomic E-state index is 9.60. The Balaban J connectivity index is 2.38. The van der Waals surface area contributed by atoms with Crippen LogP contribution in [0.3, 0.4) is 0 Å². The highest BCUT2D eigenvalue weighted by Gasteiger charge is 2.05. The third-order valence-electron chi connectivity index (χ3n) is 2.17. The van der Waals surface area contributed by atoms with Crippen LogP contribution in [0.4, 0.5) is 0 Å². The van der Waals surface area contributed by atoms with Gasteiger partial charge in [0.2, 0.25) is 4.77 Å². The van der Waals surface area contributed by atoms with E-state index in [9.17, 15) is 5.11 Å². The zero-order valence-electron chi connectivity index (χ0n) is 9.19. The molecule has 18 heavy (non-hydrogen) atoms. The van der Waals surface area contributed by atoms with E-state index in [4.69, 9.17) is 12.2 Å². The number of hydrogen-bond donors (Lipinski definition) is 2. The molecule has 2 N–H and O–H groups in total. The fourth-order valence-electron chi connectivity index (χ4n) is 1.29. The zero-order valence-corrected chi connectivity index (χ0v) is 13.2. The van der Waals surface area contributed by atoms with Crippen molar-refractivity contribution in [2.45, 2.75) is 6.92 Å². The molecule has 0 radical (unpaired) electrons. The number of nitrogens with one attached hydrogen (secondary N) is 1. The van der Waals surface area contributed by atoms with Crippen LogP contribution in [0, 0.1) is 11.7 Å². The van der Waals surface area contributed by atoms with Crippen molar-refractivity contribution in [1.82, 2.24) is 14.9 Å². The van der Waals surface area contributed by atoms with Gasteiger partial charge in [-0.25, -0.2) is 0 Å². The minimum absolute atomic E-state index is 0.156. The Bertz CT molecular complexity index is 654. The van der Waals surface area contributed by atoms with Crippen molar-refractivity contribution < 1.29 is 5.11 Å². The molecule has 0 aliphatic carbocycles. The van der Waals surface area contributed by atoms with E-state index in [-0.39, 0.29) is 5.75 Å². The third kappa shape index (κ3) is 2.70. The molecule has 5 nitrogen and oxygen atoms in total. The van der Waals surface area contributed by atoms with Crippen LogP contribution >= 0.6 is 44.1 Å². The number of benzene rings is 1. The number of aryl methyl sites for hydroxylation is 1. The van der Waals surface area contributed by atoms with Crippen molar-refractivity contribution >= 4 is 50.3 Å². The monoisotopic (exact) mass is 390 g/mol. The zero-order chi connectivity index (χ0) is 13.3. The topological polar surface area (TPSA) is 66.2 Å². The second-order valence-electron chi connectivity index (χ2n) is 3.47. The van der Waals surface area contributed by atoms with Gasteiger partial charge < -0.3 is 5.11 Å². The fourth-order valence-corrected chi connectivity index (χ4v) is 2.74. The molecule has 0 aliphatic heterocycles. The molecule has 0 bridgehead atoms. The second kappa shape index (κ2) is 5.33. The lowest BCUT2D eigenvalue weighted by atomic mass is 10.2. The summed E-state index contributed by atoms with van der Waals surface area (Å²) in [7, 11) is 0. The molecule has 0 saturated heterocycles. The van der Waals surface area contributed by atoms with E-state index in [1.807, 2.05) is 0 Å². The molecule has 0 saturated carbocycles. The van der Waals surface area contributed by atoms with E-state index in [0.717, 1.165) is 5.56 Å². The average molecular weight is 392 g/mol. The van der Waals surface area contributed by atoms with E-state index in [1.54, 1.807) is 25.3 Å². The lowest BCUT2D eigenvalue weighted by Crippen LogP contribution is -1.94. The van der Waals surface area contributed by atoms with Crippen molar-refractivity contribution in [2.24, 2.45) is 5.10 Å². The van der Waals surface area contributed by atoms with Gasteiger partial charge in [-0.15, -0.1) is 0 Å². The standard InChI is InChI=1S/C10H8Br2N4OS/c1-5-14-15-10(18)16(5)13-4-6-2-7(11)9(17)8(12)3-6/h2-4,17H,1H3,(H,15,18)/b13-4-. The first-order valence-corrected chi connectivity index (χ1v) is 6.85. The van der Waals surface area contributed by atoms with Gasteiger partial charge in [-0.05, 0) is 68.7 Å². The molecule has 8 heteroatoms. The molecule has 0 aliphatic rings. The van der Waals surface area contributed by atoms with Gasteiger partial charge in [-0.3, -0.25) is 5.10 Å². The summed E-state index contributed by atoms with van der Waals surface area (Å²) in [5, 5.41) is 20.4. The molecule has 2 aromatic rings. The minimum Gasteiger partial charge on any atom is -0.506 e. The van der Waals surface area contributed by atoms with E-state index in [2.05, 4.69) is 47.2 Å². The van der Waals surface area contributed by atoms with Crippen LogP contribution < -0.4 is 0 Å². The molecule has 2 rings (SSSR count). The first-order valence-electron chi connectivity index (χ1n) is 4.85. The molecule has 1 heterocycles. The number of nitrogens with zero attached hydrogens (tertiary/aromatic N) is 3.